The van der Waals surface area contributed by atoms with Gasteiger partial charge in [-0.05, 0) is 24.6 Å². The van der Waals surface area contributed by atoms with Crippen LogP contribution in [0.2, 0.25) is 0 Å². The Morgan fingerprint density at radius 1 is 1.25 bits per heavy atom. The van der Waals surface area contributed by atoms with Crippen molar-refractivity contribution in [2.75, 3.05) is 41.0 Å². The van der Waals surface area contributed by atoms with Crippen LogP contribution in [0.1, 0.15) is 12.0 Å². The average Bonchev–Trinajstić information content (AvgIpc) is 3.01. The van der Waals surface area contributed by atoms with E-state index in [1.54, 1.807) is 37.3 Å². The second kappa shape index (κ2) is 7.53. The molecule has 7 nitrogen and oxygen atoms in total. The van der Waals surface area contributed by atoms with Gasteiger partial charge in [0.1, 0.15) is 16.9 Å². The first-order valence-electron chi connectivity index (χ1n) is 7.67. The number of benzene rings is 1. The number of methoxy groups -OCH3 is 3. The number of ether oxygens (including phenoxy) is 3. The quantitative estimate of drug-likeness (QED) is 0.805. The molecule has 0 saturated carbocycles. The molecule has 1 amide bonds. The third-order valence-electron chi connectivity index (χ3n) is 4.41. The summed E-state index contributed by atoms with van der Waals surface area (Å²) in [5.41, 5.74) is -0.315. The zero-order valence-corrected chi connectivity index (χ0v) is 14.2. The summed E-state index contributed by atoms with van der Waals surface area (Å²) < 4.78 is 15.5. The van der Waals surface area contributed by atoms with Gasteiger partial charge in [-0.25, -0.2) is 0 Å². The lowest BCUT2D eigenvalue weighted by molar-refractivity contribution is -0.151. The van der Waals surface area contributed by atoms with E-state index < -0.39 is 11.4 Å². The van der Waals surface area contributed by atoms with E-state index in [0.717, 1.165) is 0 Å². The van der Waals surface area contributed by atoms with Gasteiger partial charge in [0.25, 0.3) is 0 Å². The number of carboxylic acid groups (broad SMARTS) is 1. The highest BCUT2D eigenvalue weighted by Gasteiger charge is 2.46. The number of carbonyl (C=O) groups excluding carboxylic acids is 1. The Balaban J connectivity index is 2.12. The van der Waals surface area contributed by atoms with Crippen molar-refractivity contribution in [1.82, 2.24) is 4.90 Å². The van der Waals surface area contributed by atoms with Gasteiger partial charge in [0.2, 0.25) is 5.91 Å². The SMILES string of the molecule is COCC1(C(=O)O)CCN(C(=O)Cc2cc(OC)ccc2OC)C1. The van der Waals surface area contributed by atoms with Gasteiger partial charge >= 0.3 is 5.97 Å². The summed E-state index contributed by atoms with van der Waals surface area (Å²) in [6.07, 6.45) is 0.514. The van der Waals surface area contributed by atoms with E-state index in [9.17, 15) is 14.7 Å². The fourth-order valence-electron chi connectivity index (χ4n) is 3.01. The number of hydrogen-bond acceptors (Lipinski definition) is 5. The predicted octanol–water partition coefficient (Wildman–Crippen LogP) is 1.20. The van der Waals surface area contributed by atoms with E-state index in [-0.39, 0.29) is 25.5 Å². The topological polar surface area (TPSA) is 85.3 Å². The summed E-state index contributed by atoms with van der Waals surface area (Å²) in [6.45, 7) is 0.649. The maximum Gasteiger partial charge on any atom is 0.313 e. The van der Waals surface area contributed by atoms with Gasteiger partial charge in [0.15, 0.2) is 0 Å². The van der Waals surface area contributed by atoms with Gasteiger partial charge in [0.05, 0.1) is 27.2 Å². The molecule has 0 bridgehead atoms. The third kappa shape index (κ3) is 3.62. The predicted molar refractivity (Wildman–Crippen MR) is 86.4 cm³/mol. The first-order valence-corrected chi connectivity index (χ1v) is 7.67. The van der Waals surface area contributed by atoms with E-state index in [2.05, 4.69) is 0 Å². The fourth-order valence-corrected chi connectivity index (χ4v) is 3.01. The Morgan fingerprint density at radius 2 is 2.00 bits per heavy atom. The molecule has 132 valence electrons. The molecule has 1 atom stereocenters. The lowest BCUT2D eigenvalue weighted by atomic mass is 9.88. The number of carbonyl (C=O) groups is 2. The highest BCUT2D eigenvalue weighted by molar-refractivity contribution is 5.82. The van der Waals surface area contributed by atoms with Crippen LogP contribution in [0, 0.1) is 5.41 Å². The molecule has 1 aliphatic rings. The molecule has 0 spiro atoms. The third-order valence-corrected chi connectivity index (χ3v) is 4.41. The molecule has 1 aliphatic heterocycles. The van der Waals surface area contributed by atoms with E-state index in [1.807, 2.05) is 0 Å². The first-order chi connectivity index (χ1) is 11.5. The smallest absolute Gasteiger partial charge is 0.313 e. The maximum atomic E-state index is 12.6. The minimum atomic E-state index is -1.02. The summed E-state index contributed by atoms with van der Waals surface area (Å²) in [7, 11) is 4.57. The van der Waals surface area contributed by atoms with E-state index in [1.165, 1.54) is 7.11 Å². The Kier molecular flexibility index (Phi) is 5.66. The molecule has 2 rings (SSSR count). The zero-order chi connectivity index (χ0) is 17.7. The molecule has 1 N–H and O–H groups in total. The summed E-state index contributed by atoms with van der Waals surface area (Å²) in [5, 5.41) is 9.48. The van der Waals surface area contributed by atoms with Crippen LogP contribution in [0.3, 0.4) is 0 Å². The number of rotatable bonds is 7. The summed E-state index contributed by atoms with van der Waals surface area (Å²) in [6, 6.07) is 5.26. The van der Waals surface area contributed by atoms with Gasteiger partial charge in [-0.1, -0.05) is 0 Å². The zero-order valence-electron chi connectivity index (χ0n) is 14.2. The molecule has 1 aromatic rings. The van der Waals surface area contributed by atoms with Crippen molar-refractivity contribution < 1.29 is 28.9 Å². The van der Waals surface area contributed by atoms with Crippen molar-refractivity contribution in [3.63, 3.8) is 0 Å². The van der Waals surface area contributed by atoms with Crippen LogP contribution in [0.15, 0.2) is 18.2 Å². The van der Waals surface area contributed by atoms with Gasteiger partial charge in [-0.2, -0.15) is 0 Å². The van der Waals surface area contributed by atoms with Crippen LogP contribution in [-0.2, 0) is 20.7 Å². The van der Waals surface area contributed by atoms with Gasteiger partial charge < -0.3 is 24.2 Å². The van der Waals surface area contributed by atoms with Crippen LogP contribution in [0.5, 0.6) is 11.5 Å². The number of hydrogen-bond donors (Lipinski definition) is 1. The van der Waals surface area contributed by atoms with E-state index >= 15 is 0 Å². The average molecular weight is 337 g/mol. The van der Waals surface area contributed by atoms with Crippen molar-refractivity contribution in [3.05, 3.63) is 23.8 Å². The van der Waals surface area contributed by atoms with Crippen LogP contribution >= 0.6 is 0 Å². The number of aliphatic carboxylic acids is 1. The molecule has 24 heavy (non-hydrogen) atoms. The van der Waals surface area contributed by atoms with E-state index in [4.69, 9.17) is 14.2 Å². The maximum absolute atomic E-state index is 12.6. The Labute approximate surface area is 141 Å². The molecule has 1 saturated heterocycles. The molecular weight excluding hydrogens is 314 g/mol. The fraction of sp³-hybridized carbons (Fsp3) is 0.529. The molecule has 1 fully saturated rings. The first kappa shape index (κ1) is 18.1. The Bertz CT molecular complexity index is 617. The largest absolute Gasteiger partial charge is 0.497 e. The van der Waals surface area contributed by atoms with Crippen LogP contribution in [0.25, 0.3) is 0 Å². The summed E-state index contributed by atoms with van der Waals surface area (Å²) in [4.78, 5) is 25.7. The lowest BCUT2D eigenvalue weighted by Gasteiger charge is -2.24. The molecule has 1 unspecified atom stereocenters. The molecule has 1 heterocycles. The monoisotopic (exact) mass is 337 g/mol. The number of carboxylic acids is 1. The molecule has 0 radical (unpaired) electrons. The molecule has 0 aliphatic carbocycles. The minimum Gasteiger partial charge on any atom is -0.497 e. The highest BCUT2D eigenvalue weighted by atomic mass is 16.5. The highest BCUT2D eigenvalue weighted by Crippen LogP contribution is 2.32. The van der Waals surface area contributed by atoms with Crippen LogP contribution < -0.4 is 9.47 Å². The molecular formula is C17H23NO6. The Hall–Kier alpha value is -2.28. The van der Waals surface area contributed by atoms with Crippen LogP contribution in [0.4, 0.5) is 0 Å². The van der Waals surface area contributed by atoms with Crippen LogP contribution in [-0.4, -0.2) is 62.9 Å². The Morgan fingerprint density at radius 3 is 2.58 bits per heavy atom. The second-order valence-corrected chi connectivity index (χ2v) is 5.94. The van der Waals surface area contributed by atoms with Crippen molar-refractivity contribution in [2.24, 2.45) is 5.41 Å². The van der Waals surface area contributed by atoms with Gasteiger partial charge in [0, 0.05) is 25.8 Å². The van der Waals surface area contributed by atoms with Crippen molar-refractivity contribution in [2.45, 2.75) is 12.8 Å². The summed E-state index contributed by atoms with van der Waals surface area (Å²) >= 11 is 0. The molecule has 7 heteroatoms. The lowest BCUT2D eigenvalue weighted by Crippen LogP contribution is -2.40. The summed E-state index contributed by atoms with van der Waals surface area (Å²) in [5.74, 6) is 0.170. The van der Waals surface area contributed by atoms with Gasteiger partial charge in [-0.3, -0.25) is 9.59 Å². The van der Waals surface area contributed by atoms with Crippen molar-refractivity contribution >= 4 is 11.9 Å². The standard InChI is InChI=1S/C17H23NO6/c1-22-11-17(16(20)21)6-7-18(10-17)15(19)9-12-8-13(23-2)4-5-14(12)24-3/h4-5,8H,6-7,9-11H2,1-3H3,(H,20,21). The number of nitrogens with zero attached hydrogens (tertiary/aromatic N) is 1. The number of amides is 1. The second-order valence-electron chi connectivity index (χ2n) is 5.94. The van der Waals surface area contributed by atoms with Crippen molar-refractivity contribution in [3.8, 4) is 11.5 Å². The number of likely N-dealkylation sites (tertiary alicyclic amines) is 1. The normalized spacial score (nSPS) is 20.0. The minimum absolute atomic E-state index is 0.0919. The van der Waals surface area contributed by atoms with Crippen molar-refractivity contribution in [1.29, 1.82) is 0 Å². The van der Waals surface area contributed by atoms with Gasteiger partial charge in [-0.15, -0.1) is 0 Å². The molecule has 0 aromatic heterocycles. The molecule has 1 aromatic carbocycles. The van der Waals surface area contributed by atoms with E-state index in [0.29, 0.717) is 30.0 Å².